The molecule has 3 aromatic carbocycles. The molecule has 0 radical (unpaired) electrons. The number of amides is 2. The van der Waals surface area contributed by atoms with Gasteiger partial charge in [0.05, 0.1) is 6.04 Å². The van der Waals surface area contributed by atoms with Gasteiger partial charge in [0.15, 0.2) is 0 Å². The minimum absolute atomic E-state index is 0.124. The second-order valence-corrected chi connectivity index (χ2v) is 14.3. The third-order valence-electron chi connectivity index (χ3n) is 8.08. The standard InChI is InChI=1S/C38H45FN2O5S/c1-4-5-9-28-13-21-34(22-14-28)47(44,45)41-37(42)23-18-30-15-12-29(26-46-33-10-7-6-8-11-33)25-35(30)38(43)40-36(24-27(2)3)31-16-19-32(39)20-17-31/h6-8,10-17,19-21,25,27,34,36H,4-5,9,18,22-24,26H2,1-3H3,(H,40,43)(H,41,42). The van der Waals surface area contributed by atoms with Crippen LogP contribution in [0.3, 0.4) is 0 Å². The van der Waals surface area contributed by atoms with Crippen molar-refractivity contribution >= 4 is 21.8 Å². The van der Waals surface area contributed by atoms with Crippen LogP contribution in [0.5, 0.6) is 5.75 Å². The molecule has 47 heavy (non-hydrogen) atoms. The van der Waals surface area contributed by atoms with Gasteiger partial charge in [-0.1, -0.05) is 93.5 Å². The van der Waals surface area contributed by atoms with Crippen LogP contribution in [0.15, 0.2) is 96.6 Å². The topological polar surface area (TPSA) is 102 Å². The van der Waals surface area contributed by atoms with E-state index in [1.165, 1.54) is 12.1 Å². The summed E-state index contributed by atoms with van der Waals surface area (Å²) in [4.78, 5) is 26.8. The number of hydrogen-bond donors (Lipinski definition) is 2. The van der Waals surface area contributed by atoms with Crippen LogP contribution >= 0.6 is 0 Å². The van der Waals surface area contributed by atoms with Crippen molar-refractivity contribution in [2.24, 2.45) is 5.92 Å². The van der Waals surface area contributed by atoms with E-state index < -0.39 is 21.2 Å². The largest absolute Gasteiger partial charge is 0.489 e. The molecule has 2 unspecified atom stereocenters. The number of unbranched alkanes of at least 4 members (excludes halogenated alkanes) is 1. The Kier molecular flexibility index (Phi) is 12.9. The number of ether oxygens (including phenoxy) is 1. The van der Waals surface area contributed by atoms with Gasteiger partial charge in [-0.05, 0) is 85.0 Å². The summed E-state index contributed by atoms with van der Waals surface area (Å²) in [5, 5.41) is 2.30. The first-order valence-corrected chi connectivity index (χ1v) is 17.9. The highest BCUT2D eigenvalue weighted by molar-refractivity contribution is 7.90. The van der Waals surface area contributed by atoms with Crippen LogP contribution in [0, 0.1) is 11.7 Å². The summed E-state index contributed by atoms with van der Waals surface area (Å²) < 4.78 is 47.8. The van der Waals surface area contributed by atoms with Gasteiger partial charge in [-0.25, -0.2) is 12.8 Å². The lowest BCUT2D eigenvalue weighted by atomic mass is 9.95. The van der Waals surface area contributed by atoms with Crippen molar-refractivity contribution in [1.82, 2.24) is 10.0 Å². The normalized spacial score (nSPS) is 15.2. The monoisotopic (exact) mass is 660 g/mol. The van der Waals surface area contributed by atoms with Gasteiger partial charge in [-0.3, -0.25) is 14.3 Å². The molecular formula is C38H45FN2O5S. The van der Waals surface area contributed by atoms with Crippen molar-refractivity contribution in [1.29, 1.82) is 0 Å². The molecule has 2 atom stereocenters. The average molecular weight is 661 g/mol. The maximum atomic E-state index is 13.9. The highest BCUT2D eigenvalue weighted by atomic mass is 32.2. The van der Waals surface area contributed by atoms with Gasteiger partial charge < -0.3 is 10.1 Å². The van der Waals surface area contributed by atoms with E-state index in [2.05, 4.69) is 17.0 Å². The van der Waals surface area contributed by atoms with E-state index in [-0.39, 0.29) is 43.1 Å². The van der Waals surface area contributed by atoms with Crippen molar-refractivity contribution in [3.05, 3.63) is 125 Å². The lowest BCUT2D eigenvalue weighted by Gasteiger charge is -2.22. The molecule has 0 saturated heterocycles. The van der Waals surface area contributed by atoms with E-state index in [1.54, 1.807) is 30.3 Å². The van der Waals surface area contributed by atoms with Crippen molar-refractivity contribution in [2.75, 3.05) is 0 Å². The zero-order chi connectivity index (χ0) is 33.8. The number of para-hydroxylation sites is 1. The molecule has 0 spiro atoms. The number of halogens is 1. The molecule has 250 valence electrons. The molecule has 0 aromatic heterocycles. The van der Waals surface area contributed by atoms with E-state index in [9.17, 15) is 22.4 Å². The summed E-state index contributed by atoms with van der Waals surface area (Å²) in [5.74, 6) is -0.397. The molecule has 0 bridgehead atoms. The molecule has 0 heterocycles. The molecule has 4 rings (SSSR count). The van der Waals surface area contributed by atoms with Crippen molar-refractivity contribution in [3.8, 4) is 5.75 Å². The summed E-state index contributed by atoms with van der Waals surface area (Å²) in [6.45, 7) is 6.43. The fraction of sp³-hybridized carbons (Fsp3) is 0.368. The van der Waals surface area contributed by atoms with Crippen LogP contribution in [-0.4, -0.2) is 25.5 Å². The number of nitrogens with one attached hydrogen (secondary N) is 2. The molecule has 2 N–H and O–H groups in total. The Morgan fingerprint density at radius 2 is 1.74 bits per heavy atom. The first-order chi connectivity index (χ1) is 22.5. The minimum Gasteiger partial charge on any atom is -0.489 e. The number of allylic oxidation sites excluding steroid dienone is 3. The lowest BCUT2D eigenvalue weighted by molar-refractivity contribution is -0.119. The quantitative estimate of drug-likeness (QED) is 0.164. The second kappa shape index (κ2) is 17.1. The van der Waals surface area contributed by atoms with Gasteiger partial charge in [0.2, 0.25) is 15.9 Å². The molecule has 0 fully saturated rings. The zero-order valence-electron chi connectivity index (χ0n) is 27.4. The van der Waals surface area contributed by atoms with Crippen LogP contribution < -0.4 is 14.8 Å². The summed E-state index contributed by atoms with van der Waals surface area (Å²) >= 11 is 0. The first-order valence-electron chi connectivity index (χ1n) is 16.3. The number of benzene rings is 3. The summed E-state index contributed by atoms with van der Waals surface area (Å²) in [5.41, 5.74) is 3.62. The van der Waals surface area contributed by atoms with Crippen LogP contribution in [0.25, 0.3) is 0 Å². The van der Waals surface area contributed by atoms with Crippen LogP contribution in [-0.2, 0) is 27.8 Å². The number of carbonyl (C=O) groups is 2. The Morgan fingerprint density at radius 1 is 1.00 bits per heavy atom. The molecule has 3 aromatic rings. The summed E-state index contributed by atoms with van der Waals surface area (Å²) in [6, 6.07) is 20.4. The first kappa shape index (κ1) is 35.6. The Bertz CT molecular complexity index is 1670. The fourth-order valence-electron chi connectivity index (χ4n) is 5.48. The number of aryl methyl sites for hydroxylation is 1. The number of sulfonamides is 1. The molecule has 2 amide bonds. The average Bonchev–Trinajstić information content (AvgIpc) is 3.06. The van der Waals surface area contributed by atoms with Gasteiger partial charge in [-0.2, -0.15) is 0 Å². The van der Waals surface area contributed by atoms with E-state index in [1.807, 2.05) is 62.4 Å². The Hall–Kier alpha value is -4.24. The lowest BCUT2D eigenvalue weighted by Crippen LogP contribution is -2.38. The minimum atomic E-state index is -3.91. The smallest absolute Gasteiger partial charge is 0.252 e. The fourth-order valence-corrected chi connectivity index (χ4v) is 6.69. The van der Waals surface area contributed by atoms with E-state index >= 15 is 0 Å². The van der Waals surface area contributed by atoms with Crippen LogP contribution in [0.2, 0.25) is 0 Å². The molecule has 9 heteroatoms. The van der Waals surface area contributed by atoms with E-state index in [0.29, 0.717) is 29.7 Å². The summed E-state index contributed by atoms with van der Waals surface area (Å²) in [6.07, 6.45) is 9.39. The molecule has 1 aliphatic rings. The summed E-state index contributed by atoms with van der Waals surface area (Å²) in [7, 11) is -3.91. The SMILES string of the molecule is CCCCC1=CCC(S(=O)(=O)NC(=O)CCc2ccc(COc3ccccc3)cc2C(=O)NC(CC(C)C)c2ccc(F)cc2)C=C1. The predicted octanol–water partition coefficient (Wildman–Crippen LogP) is 7.75. The van der Waals surface area contributed by atoms with E-state index in [4.69, 9.17) is 4.74 Å². The van der Waals surface area contributed by atoms with Crippen molar-refractivity contribution in [2.45, 2.75) is 83.6 Å². The zero-order valence-corrected chi connectivity index (χ0v) is 28.2. The number of hydrogen-bond acceptors (Lipinski definition) is 5. The highest BCUT2D eigenvalue weighted by Crippen LogP contribution is 2.25. The second-order valence-electron chi connectivity index (χ2n) is 12.4. The van der Waals surface area contributed by atoms with Crippen LogP contribution in [0.1, 0.15) is 92.4 Å². The Labute approximate surface area is 278 Å². The van der Waals surface area contributed by atoms with Gasteiger partial charge in [-0.15, -0.1) is 0 Å². The van der Waals surface area contributed by atoms with Crippen LogP contribution in [0.4, 0.5) is 4.39 Å². The van der Waals surface area contributed by atoms with Gasteiger partial charge >= 0.3 is 0 Å². The highest BCUT2D eigenvalue weighted by Gasteiger charge is 2.26. The number of carbonyl (C=O) groups excluding carboxylic acids is 2. The molecule has 7 nitrogen and oxygen atoms in total. The van der Waals surface area contributed by atoms with Crippen molar-refractivity contribution in [3.63, 3.8) is 0 Å². The molecule has 1 aliphatic carbocycles. The maximum absolute atomic E-state index is 13.9. The third kappa shape index (κ3) is 10.9. The van der Waals surface area contributed by atoms with Gasteiger partial charge in [0, 0.05) is 12.0 Å². The Morgan fingerprint density at radius 3 is 2.40 bits per heavy atom. The molecular weight excluding hydrogens is 615 g/mol. The predicted molar refractivity (Wildman–Crippen MR) is 184 cm³/mol. The number of rotatable bonds is 16. The third-order valence-corrected chi connectivity index (χ3v) is 9.74. The molecule has 0 aliphatic heterocycles. The maximum Gasteiger partial charge on any atom is 0.252 e. The van der Waals surface area contributed by atoms with E-state index in [0.717, 1.165) is 36.0 Å². The van der Waals surface area contributed by atoms with Gasteiger partial charge in [0.1, 0.15) is 23.4 Å². The molecule has 0 saturated carbocycles. The van der Waals surface area contributed by atoms with Crippen molar-refractivity contribution < 1.29 is 27.1 Å². The van der Waals surface area contributed by atoms with Gasteiger partial charge in [0.25, 0.3) is 5.91 Å². The Balaban J connectivity index is 1.49.